The van der Waals surface area contributed by atoms with Crippen LogP contribution in [0.25, 0.3) is 0 Å². The van der Waals surface area contributed by atoms with E-state index in [4.69, 9.17) is 0 Å². The molecule has 10 heavy (non-hydrogen) atoms. The van der Waals surface area contributed by atoms with Crippen LogP contribution in [-0.4, -0.2) is 0 Å². The van der Waals surface area contributed by atoms with Crippen molar-refractivity contribution in [3.8, 4) is 0 Å². The largest absolute Gasteiger partial charge is 0.0625 e. The van der Waals surface area contributed by atoms with E-state index >= 15 is 0 Å². The molecule has 3 saturated carbocycles. The van der Waals surface area contributed by atoms with Crippen LogP contribution in [0.3, 0.4) is 0 Å². The molecule has 3 aliphatic rings. The Labute approximate surface area is 64.0 Å². The summed E-state index contributed by atoms with van der Waals surface area (Å²) in [4.78, 5) is 0. The summed E-state index contributed by atoms with van der Waals surface area (Å²) in [6, 6.07) is 0. The Morgan fingerprint density at radius 2 is 1.50 bits per heavy atom. The molecule has 2 unspecified atom stereocenters. The summed E-state index contributed by atoms with van der Waals surface area (Å²) in [6.45, 7) is 7.32. The number of fused-ring (bicyclic) bond motifs is 2. The monoisotopic (exact) mass is 138 g/mol. The highest BCUT2D eigenvalue weighted by atomic mass is 14.6. The molecule has 0 amide bonds. The minimum absolute atomic E-state index is 0.715. The van der Waals surface area contributed by atoms with E-state index in [-0.39, 0.29) is 0 Å². The average molecular weight is 138 g/mol. The van der Waals surface area contributed by atoms with Crippen molar-refractivity contribution in [2.45, 2.75) is 40.0 Å². The lowest BCUT2D eigenvalue weighted by atomic mass is 9.47. The van der Waals surface area contributed by atoms with Gasteiger partial charge in [-0.2, -0.15) is 0 Å². The molecule has 58 valence electrons. The maximum absolute atomic E-state index is 2.46. The molecule has 0 aromatic rings. The molecule has 0 N–H and O–H groups in total. The minimum atomic E-state index is 0.715. The number of rotatable bonds is 0. The van der Waals surface area contributed by atoms with E-state index in [0.29, 0.717) is 5.41 Å². The molecule has 2 atom stereocenters. The topological polar surface area (TPSA) is 0 Å². The Morgan fingerprint density at radius 1 is 1.00 bits per heavy atom. The highest BCUT2D eigenvalue weighted by Crippen LogP contribution is 2.60. The van der Waals surface area contributed by atoms with Crippen LogP contribution in [0.1, 0.15) is 40.0 Å². The van der Waals surface area contributed by atoms with Gasteiger partial charge in [-0.05, 0) is 42.4 Å². The third kappa shape index (κ3) is 0.681. The van der Waals surface area contributed by atoms with Gasteiger partial charge < -0.3 is 0 Å². The van der Waals surface area contributed by atoms with Gasteiger partial charge in [0, 0.05) is 0 Å². The normalized spacial score (nSPS) is 50.1. The summed E-state index contributed by atoms with van der Waals surface area (Å²) in [5, 5.41) is 0. The van der Waals surface area contributed by atoms with Gasteiger partial charge in [-0.25, -0.2) is 0 Å². The third-order valence-electron chi connectivity index (χ3n) is 4.05. The number of hydrogen-bond acceptors (Lipinski definition) is 0. The van der Waals surface area contributed by atoms with E-state index < -0.39 is 0 Å². The fourth-order valence-electron chi connectivity index (χ4n) is 2.99. The second-order valence-electron chi connectivity index (χ2n) is 5.03. The molecule has 0 nitrogen and oxygen atoms in total. The zero-order valence-corrected chi connectivity index (χ0v) is 7.35. The summed E-state index contributed by atoms with van der Waals surface area (Å²) in [7, 11) is 0. The Kier molecular flexibility index (Phi) is 1.19. The van der Waals surface area contributed by atoms with E-state index in [1.54, 1.807) is 0 Å². The molecule has 0 spiro atoms. The highest BCUT2D eigenvalue weighted by molar-refractivity contribution is 5.01. The van der Waals surface area contributed by atoms with E-state index in [2.05, 4.69) is 20.8 Å². The van der Waals surface area contributed by atoms with Crippen LogP contribution in [0.4, 0.5) is 0 Å². The van der Waals surface area contributed by atoms with Crippen LogP contribution < -0.4 is 0 Å². The van der Waals surface area contributed by atoms with Gasteiger partial charge in [-0.1, -0.05) is 20.8 Å². The Bertz CT molecular complexity index is 132. The van der Waals surface area contributed by atoms with Crippen LogP contribution in [-0.2, 0) is 0 Å². The van der Waals surface area contributed by atoms with Crippen LogP contribution >= 0.6 is 0 Å². The molecule has 3 rings (SSSR count). The van der Waals surface area contributed by atoms with E-state index in [1.807, 2.05) is 0 Å². The quantitative estimate of drug-likeness (QED) is 0.482. The first kappa shape index (κ1) is 6.69. The van der Waals surface area contributed by atoms with Crippen LogP contribution in [0, 0.1) is 23.2 Å². The molecular weight excluding hydrogens is 120 g/mol. The molecule has 3 aliphatic carbocycles. The summed E-state index contributed by atoms with van der Waals surface area (Å²) >= 11 is 0. The molecule has 0 heteroatoms. The first-order valence-electron chi connectivity index (χ1n) is 4.60. The number of hydrogen-bond donors (Lipinski definition) is 0. The standard InChI is InChI=1S/C10H18/c1-7-4-8-6-9(5-7)10(8,2)3/h7-9H,4-6H2,1-3H3. The van der Waals surface area contributed by atoms with Crippen molar-refractivity contribution in [3.05, 3.63) is 0 Å². The summed E-state index contributed by atoms with van der Waals surface area (Å²) in [6.07, 6.45) is 4.55. The van der Waals surface area contributed by atoms with Crippen LogP contribution in [0.2, 0.25) is 0 Å². The average Bonchev–Trinajstić information content (AvgIpc) is 1.87. The lowest BCUT2D eigenvalue weighted by Crippen LogP contribution is -2.50. The second-order valence-corrected chi connectivity index (χ2v) is 5.03. The molecule has 0 aromatic heterocycles. The Balaban J connectivity index is 2.10. The summed E-state index contributed by atoms with van der Waals surface area (Å²) in [5.41, 5.74) is 0.715. The summed E-state index contributed by atoms with van der Waals surface area (Å²) in [5.74, 6) is 3.17. The van der Waals surface area contributed by atoms with Crippen molar-refractivity contribution in [3.63, 3.8) is 0 Å². The first-order valence-corrected chi connectivity index (χ1v) is 4.60. The van der Waals surface area contributed by atoms with Crippen molar-refractivity contribution in [1.82, 2.24) is 0 Å². The maximum atomic E-state index is 2.46. The Hall–Kier alpha value is 0. The third-order valence-corrected chi connectivity index (χ3v) is 4.05. The fraction of sp³-hybridized carbons (Fsp3) is 1.00. The van der Waals surface area contributed by atoms with Gasteiger partial charge in [0.15, 0.2) is 0 Å². The van der Waals surface area contributed by atoms with Crippen LogP contribution in [0.15, 0.2) is 0 Å². The minimum Gasteiger partial charge on any atom is -0.0625 e. The SMILES string of the molecule is CC1CC2CC(C1)C2(C)C. The van der Waals surface area contributed by atoms with Crippen molar-refractivity contribution in [2.24, 2.45) is 23.2 Å². The maximum Gasteiger partial charge on any atom is -0.0297 e. The van der Waals surface area contributed by atoms with Gasteiger partial charge >= 0.3 is 0 Å². The molecule has 0 aliphatic heterocycles. The van der Waals surface area contributed by atoms with Crippen molar-refractivity contribution in [2.75, 3.05) is 0 Å². The van der Waals surface area contributed by atoms with Gasteiger partial charge in [-0.3, -0.25) is 0 Å². The Morgan fingerprint density at radius 3 is 1.80 bits per heavy atom. The van der Waals surface area contributed by atoms with Gasteiger partial charge in [0.1, 0.15) is 0 Å². The predicted molar refractivity (Wildman–Crippen MR) is 43.8 cm³/mol. The fourth-order valence-corrected chi connectivity index (χ4v) is 2.99. The molecule has 2 bridgehead atoms. The van der Waals surface area contributed by atoms with Gasteiger partial charge in [0.25, 0.3) is 0 Å². The van der Waals surface area contributed by atoms with Crippen LogP contribution in [0.5, 0.6) is 0 Å². The lowest BCUT2D eigenvalue weighted by Gasteiger charge is -2.58. The molecule has 0 heterocycles. The summed E-state index contributed by atoms with van der Waals surface area (Å²) < 4.78 is 0. The smallest absolute Gasteiger partial charge is 0.0297 e. The van der Waals surface area contributed by atoms with E-state index in [0.717, 1.165) is 17.8 Å². The van der Waals surface area contributed by atoms with Gasteiger partial charge in [0.05, 0.1) is 0 Å². The molecular formula is C10H18. The molecule has 0 aromatic carbocycles. The first-order chi connectivity index (χ1) is 4.60. The van der Waals surface area contributed by atoms with Crippen molar-refractivity contribution < 1.29 is 0 Å². The lowest BCUT2D eigenvalue weighted by molar-refractivity contribution is -0.0860. The second kappa shape index (κ2) is 1.78. The van der Waals surface area contributed by atoms with Gasteiger partial charge in [0.2, 0.25) is 0 Å². The van der Waals surface area contributed by atoms with Crippen molar-refractivity contribution in [1.29, 1.82) is 0 Å². The highest BCUT2D eigenvalue weighted by Gasteiger charge is 2.51. The van der Waals surface area contributed by atoms with E-state index in [1.165, 1.54) is 19.3 Å². The zero-order chi connectivity index (χ0) is 7.35. The zero-order valence-electron chi connectivity index (χ0n) is 7.35. The predicted octanol–water partition coefficient (Wildman–Crippen LogP) is 3.08. The molecule has 3 fully saturated rings. The van der Waals surface area contributed by atoms with E-state index in [9.17, 15) is 0 Å². The molecule has 0 saturated heterocycles. The molecule has 0 radical (unpaired) electrons. The van der Waals surface area contributed by atoms with Crippen molar-refractivity contribution >= 4 is 0 Å². The van der Waals surface area contributed by atoms with Gasteiger partial charge in [-0.15, -0.1) is 0 Å².